The molecule has 0 radical (unpaired) electrons. The van der Waals surface area contributed by atoms with Crippen LogP contribution >= 0.6 is 36.4 Å². The number of non-ortho nitro benzene ring substituents is 1. The van der Waals surface area contributed by atoms with Crippen LogP contribution in [0, 0.1) is 10.1 Å². The molecule has 1 N–H and O–H groups in total. The largest absolute Gasteiger partial charge is 0.314 e. The number of hydrogen-bond donors (Lipinski definition) is 1. The molecule has 23 heavy (non-hydrogen) atoms. The fourth-order valence-corrected chi connectivity index (χ4v) is 2.95. The molecule has 0 spiro atoms. The summed E-state index contributed by atoms with van der Waals surface area (Å²) in [5.74, 6) is 0. The minimum atomic E-state index is -0.373. The highest BCUT2D eigenvalue weighted by molar-refractivity contribution is 6.31. The van der Waals surface area contributed by atoms with Crippen LogP contribution in [0.1, 0.15) is 24.4 Å². The molecule has 0 aliphatic carbocycles. The molecule has 5 nitrogen and oxygen atoms in total. The van der Waals surface area contributed by atoms with Gasteiger partial charge in [0.05, 0.1) is 4.92 Å². The Bertz CT molecular complexity index is 523. The highest BCUT2D eigenvalue weighted by Crippen LogP contribution is 2.34. The van der Waals surface area contributed by atoms with Crippen LogP contribution in [0.3, 0.4) is 0 Å². The lowest BCUT2D eigenvalue weighted by molar-refractivity contribution is -0.385. The minimum absolute atomic E-state index is 0. The van der Waals surface area contributed by atoms with E-state index >= 15 is 0 Å². The van der Waals surface area contributed by atoms with Crippen LogP contribution in [0.25, 0.3) is 0 Å². The predicted octanol–water partition coefficient (Wildman–Crippen LogP) is 4.00. The molecule has 1 aliphatic rings. The smallest absolute Gasteiger partial charge is 0.269 e. The lowest BCUT2D eigenvalue weighted by atomic mass is 9.98. The summed E-state index contributed by atoms with van der Waals surface area (Å²) in [6.07, 6.45) is 3.60. The summed E-state index contributed by atoms with van der Waals surface area (Å²) in [4.78, 5) is 13.0. The van der Waals surface area contributed by atoms with E-state index in [1.165, 1.54) is 6.07 Å². The lowest BCUT2D eigenvalue weighted by Crippen LogP contribution is -2.45. The van der Waals surface area contributed by atoms with E-state index < -0.39 is 0 Å². The predicted molar refractivity (Wildman–Crippen MR) is 99.2 cm³/mol. The molecule has 1 fully saturated rings. The van der Waals surface area contributed by atoms with Crippen molar-refractivity contribution in [2.24, 2.45) is 0 Å². The summed E-state index contributed by atoms with van der Waals surface area (Å²) >= 11 is 6.30. The number of nitro benzene ring substituents is 1. The molecule has 1 heterocycles. The van der Waals surface area contributed by atoms with Crippen LogP contribution < -0.4 is 5.32 Å². The zero-order chi connectivity index (χ0) is 15.2. The normalized spacial score (nSPS) is 15.9. The monoisotopic (exact) mass is 381 g/mol. The van der Waals surface area contributed by atoms with E-state index in [1.54, 1.807) is 12.1 Å². The average Bonchev–Trinajstić information content (AvgIpc) is 2.50. The van der Waals surface area contributed by atoms with Gasteiger partial charge < -0.3 is 5.32 Å². The highest BCUT2D eigenvalue weighted by atomic mass is 35.5. The van der Waals surface area contributed by atoms with Gasteiger partial charge in [0.15, 0.2) is 0 Å². The van der Waals surface area contributed by atoms with E-state index in [0.29, 0.717) is 5.02 Å². The summed E-state index contributed by atoms with van der Waals surface area (Å²) < 4.78 is 0. The zero-order valence-corrected chi connectivity index (χ0v) is 15.1. The Labute approximate surface area is 154 Å². The van der Waals surface area contributed by atoms with Crippen molar-refractivity contribution < 1.29 is 4.92 Å². The van der Waals surface area contributed by atoms with Gasteiger partial charge >= 0.3 is 0 Å². The maximum absolute atomic E-state index is 11.0. The molecule has 1 aromatic rings. The van der Waals surface area contributed by atoms with Gasteiger partial charge in [-0.05, 0) is 24.5 Å². The number of nitro groups is 1. The van der Waals surface area contributed by atoms with Gasteiger partial charge in [0.25, 0.3) is 5.69 Å². The summed E-state index contributed by atoms with van der Waals surface area (Å²) in [5, 5.41) is 14.9. The first-order valence-electron chi connectivity index (χ1n) is 7.13. The molecule has 1 saturated heterocycles. The first-order valence-corrected chi connectivity index (χ1v) is 7.50. The third kappa shape index (κ3) is 5.94. The maximum atomic E-state index is 11.0. The molecule has 8 heteroatoms. The number of halogens is 3. The number of rotatable bonds is 6. The molecule has 0 saturated carbocycles. The van der Waals surface area contributed by atoms with E-state index in [-0.39, 0.29) is 41.5 Å². The van der Waals surface area contributed by atoms with Crippen molar-refractivity contribution >= 4 is 42.1 Å². The molecule has 1 aromatic carbocycles. The van der Waals surface area contributed by atoms with Gasteiger partial charge in [-0.1, -0.05) is 17.7 Å². The lowest BCUT2D eigenvalue weighted by Gasteiger charge is -2.35. The van der Waals surface area contributed by atoms with Crippen molar-refractivity contribution in [2.45, 2.75) is 18.9 Å². The fourth-order valence-electron chi connectivity index (χ4n) is 2.70. The molecule has 1 atom stereocenters. The second kappa shape index (κ2) is 10.8. The Morgan fingerprint density at radius 3 is 2.61 bits per heavy atom. The molecule has 0 aromatic heterocycles. The summed E-state index contributed by atoms with van der Waals surface area (Å²) in [6.45, 7) is 7.46. The molecule has 1 aliphatic heterocycles. The van der Waals surface area contributed by atoms with Gasteiger partial charge in [-0.3, -0.25) is 15.0 Å². The number of allylic oxidation sites excluding steroid dienone is 1. The molecule has 0 amide bonds. The Morgan fingerprint density at radius 1 is 1.39 bits per heavy atom. The van der Waals surface area contributed by atoms with Crippen LogP contribution in [-0.4, -0.2) is 36.0 Å². The van der Waals surface area contributed by atoms with Crippen molar-refractivity contribution in [3.05, 3.63) is 51.6 Å². The standard InChI is InChI=1S/C15H20ClN3O2.2ClH/c1-2-3-4-15(18-9-7-17-8-10-18)13-11-12(19(20)21)5-6-14(13)16;;/h2,5-6,11,15,17H,1,3-4,7-10H2;2*1H/t15-;;/m0../s1. The highest BCUT2D eigenvalue weighted by Gasteiger charge is 2.25. The molecule has 130 valence electrons. The van der Waals surface area contributed by atoms with Gasteiger partial charge in [-0.2, -0.15) is 0 Å². The SMILES string of the molecule is C=CCC[C@@H](c1cc([N+](=O)[O-])ccc1Cl)N1CCNCC1.Cl.Cl. The third-order valence-electron chi connectivity index (χ3n) is 3.79. The van der Waals surface area contributed by atoms with Gasteiger partial charge in [0.2, 0.25) is 0 Å². The van der Waals surface area contributed by atoms with Crippen molar-refractivity contribution in [3.8, 4) is 0 Å². The molecular weight excluding hydrogens is 361 g/mol. The molecule has 0 bridgehead atoms. The molecular formula is C15H22Cl3N3O2. The van der Waals surface area contributed by atoms with Gasteiger partial charge in [-0.25, -0.2) is 0 Å². The first-order chi connectivity index (χ1) is 10.1. The van der Waals surface area contributed by atoms with Crippen molar-refractivity contribution in [2.75, 3.05) is 26.2 Å². The Balaban J connectivity index is 0.00000242. The van der Waals surface area contributed by atoms with Gasteiger partial charge in [0, 0.05) is 49.4 Å². The number of benzene rings is 1. The Hall–Kier alpha value is -0.850. The second-order valence-electron chi connectivity index (χ2n) is 5.13. The summed E-state index contributed by atoms with van der Waals surface area (Å²) in [7, 11) is 0. The fraction of sp³-hybridized carbons (Fsp3) is 0.467. The van der Waals surface area contributed by atoms with Crippen LogP contribution in [0.2, 0.25) is 5.02 Å². The number of piperazine rings is 1. The quantitative estimate of drug-likeness (QED) is 0.459. The topological polar surface area (TPSA) is 58.4 Å². The zero-order valence-electron chi connectivity index (χ0n) is 12.7. The number of nitrogens with zero attached hydrogens (tertiary/aromatic N) is 2. The van der Waals surface area contributed by atoms with Crippen molar-refractivity contribution in [3.63, 3.8) is 0 Å². The van der Waals surface area contributed by atoms with Crippen molar-refractivity contribution in [1.29, 1.82) is 0 Å². The molecule has 0 unspecified atom stereocenters. The van der Waals surface area contributed by atoms with E-state index in [4.69, 9.17) is 11.6 Å². The minimum Gasteiger partial charge on any atom is -0.314 e. The van der Waals surface area contributed by atoms with Crippen LogP contribution in [-0.2, 0) is 0 Å². The molecule has 2 rings (SSSR count). The summed E-state index contributed by atoms with van der Waals surface area (Å²) in [6, 6.07) is 4.78. The van der Waals surface area contributed by atoms with E-state index in [9.17, 15) is 10.1 Å². The van der Waals surface area contributed by atoms with E-state index in [2.05, 4.69) is 16.8 Å². The van der Waals surface area contributed by atoms with Gasteiger partial charge in [-0.15, -0.1) is 31.4 Å². The van der Waals surface area contributed by atoms with E-state index in [0.717, 1.165) is 44.6 Å². The third-order valence-corrected chi connectivity index (χ3v) is 4.13. The number of hydrogen-bond acceptors (Lipinski definition) is 4. The van der Waals surface area contributed by atoms with Crippen LogP contribution in [0.15, 0.2) is 30.9 Å². The summed E-state index contributed by atoms with van der Waals surface area (Å²) in [5.41, 5.74) is 0.933. The van der Waals surface area contributed by atoms with Crippen molar-refractivity contribution in [1.82, 2.24) is 10.2 Å². The van der Waals surface area contributed by atoms with Crippen LogP contribution in [0.5, 0.6) is 0 Å². The second-order valence-corrected chi connectivity index (χ2v) is 5.54. The average molecular weight is 383 g/mol. The van der Waals surface area contributed by atoms with Gasteiger partial charge in [0.1, 0.15) is 0 Å². The van der Waals surface area contributed by atoms with E-state index in [1.807, 2.05) is 6.08 Å². The Kier molecular flexibility index (Phi) is 10.4. The maximum Gasteiger partial charge on any atom is 0.269 e. The van der Waals surface area contributed by atoms with Crippen LogP contribution in [0.4, 0.5) is 5.69 Å². The number of nitrogens with one attached hydrogen (secondary N) is 1. The first kappa shape index (κ1) is 22.1. The Morgan fingerprint density at radius 2 is 2.04 bits per heavy atom.